The van der Waals surface area contributed by atoms with Gasteiger partial charge in [-0.1, -0.05) is 24.3 Å². The first kappa shape index (κ1) is 19.6. The Morgan fingerprint density at radius 2 is 2.03 bits per heavy atom. The van der Waals surface area contributed by atoms with Crippen LogP contribution in [-0.2, 0) is 20.0 Å². The lowest BCUT2D eigenvalue weighted by molar-refractivity contribution is 0.000482. The highest BCUT2D eigenvalue weighted by Crippen LogP contribution is 2.29. The zero-order valence-electron chi connectivity index (χ0n) is 16.4. The molecule has 4 rings (SSSR count). The second kappa shape index (κ2) is 7.59. The summed E-state index contributed by atoms with van der Waals surface area (Å²) in [6.07, 6.45) is -0.0714. The molecule has 0 fully saturated rings. The van der Waals surface area contributed by atoms with Crippen LogP contribution >= 0.6 is 0 Å². The third-order valence-electron chi connectivity index (χ3n) is 5.82. The van der Waals surface area contributed by atoms with Crippen molar-refractivity contribution >= 4 is 16.8 Å². The SMILES string of the molecule is Cc1c(C(=O)N2CCCc3cc(C(O)NO)cc(F)c3C2)n(C)c2ccccc12. The summed E-state index contributed by atoms with van der Waals surface area (Å²) in [6, 6.07) is 10.8. The minimum atomic E-state index is -1.35. The number of nitrogens with zero attached hydrogens (tertiary/aromatic N) is 2. The van der Waals surface area contributed by atoms with Crippen molar-refractivity contribution in [3.8, 4) is 0 Å². The van der Waals surface area contributed by atoms with Gasteiger partial charge in [-0.2, -0.15) is 5.48 Å². The lowest BCUT2D eigenvalue weighted by atomic mass is 9.99. The topological polar surface area (TPSA) is 77.7 Å². The Morgan fingerprint density at radius 1 is 1.28 bits per heavy atom. The number of amides is 1. The fourth-order valence-electron chi connectivity index (χ4n) is 4.29. The van der Waals surface area contributed by atoms with E-state index in [1.54, 1.807) is 16.4 Å². The van der Waals surface area contributed by atoms with Gasteiger partial charge in [-0.15, -0.1) is 0 Å². The van der Waals surface area contributed by atoms with Gasteiger partial charge in [-0.3, -0.25) is 4.79 Å². The van der Waals surface area contributed by atoms with Crippen molar-refractivity contribution < 1.29 is 19.5 Å². The van der Waals surface area contributed by atoms with Gasteiger partial charge in [0.2, 0.25) is 0 Å². The lowest BCUT2D eigenvalue weighted by Crippen LogP contribution is -2.32. The Bertz CT molecular complexity index is 1050. The van der Waals surface area contributed by atoms with Crippen molar-refractivity contribution in [3.63, 3.8) is 0 Å². The van der Waals surface area contributed by atoms with Crippen LogP contribution in [0.3, 0.4) is 0 Å². The van der Waals surface area contributed by atoms with Crippen LogP contribution in [-0.4, -0.2) is 32.2 Å². The average Bonchev–Trinajstić information content (AvgIpc) is 2.87. The highest BCUT2D eigenvalue weighted by Gasteiger charge is 2.27. The number of halogens is 1. The van der Waals surface area contributed by atoms with E-state index < -0.39 is 12.0 Å². The van der Waals surface area contributed by atoms with Crippen LogP contribution in [0.5, 0.6) is 0 Å². The van der Waals surface area contributed by atoms with Crippen LogP contribution in [0, 0.1) is 12.7 Å². The molecule has 3 aromatic rings. The Hall–Kier alpha value is -2.74. The molecule has 1 aromatic heterocycles. The fourth-order valence-corrected chi connectivity index (χ4v) is 4.29. The van der Waals surface area contributed by atoms with Crippen LogP contribution in [0.4, 0.5) is 4.39 Å². The smallest absolute Gasteiger partial charge is 0.271 e. The standard InChI is InChI=1S/C22H24FN3O3/c1-13-16-7-3-4-8-19(16)25(2)20(13)22(28)26-9-5-6-14-10-15(21(27)24-29)11-18(23)17(14)12-26/h3-4,7-8,10-11,21,24,27,29H,5-6,9,12H2,1-2H3. The van der Waals surface area contributed by atoms with E-state index in [-0.39, 0.29) is 18.0 Å². The van der Waals surface area contributed by atoms with Gasteiger partial charge in [0.25, 0.3) is 5.91 Å². The quantitative estimate of drug-likeness (QED) is 0.469. The number of fused-ring (bicyclic) bond motifs is 2. The van der Waals surface area contributed by atoms with Crippen molar-refractivity contribution in [2.24, 2.45) is 7.05 Å². The molecular formula is C22H24FN3O3. The monoisotopic (exact) mass is 397 g/mol. The van der Waals surface area contributed by atoms with Gasteiger partial charge in [0.05, 0.1) is 0 Å². The van der Waals surface area contributed by atoms with Crippen molar-refractivity contribution in [2.75, 3.05) is 6.54 Å². The van der Waals surface area contributed by atoms with Crippen molar-refractivity contribution in [1.82, 2.24) is 14.9 Å². The molecule has 3 N–H and O–H groups in total. The molecule has 29 heavy (non-hydrogen) atoms. The van der Waals surface area contributed by atoms with Crippen LogP contribution in [0.2, 0.25) is 0 Å². The Kier molecular flexibility index (Phi) is 5.12. The molecular weight excluding hydrogens is 373 g/mol. The summed E-state index contributed by atoms with van der Waals surface area (Å²) in [4.78, 5) is 15.1. The molecule has 0 spiro atoms. The van der Waals surface area contributed by atoms with Crippen molar-refractivity contribution in [1.29, 1.82) is 0 Å². The van der Waals surface area contributed by atoms with Gasteiger partial charge < -0.3 is 19.8 Å². The zero-order chi connectivity index (χ0) is 20.7. The molecule has 1 aliphatic rings. The number of para-hydroxylation sites is 1. The van der Waals surface area contributed by atoms with E-state index in [4.69, 9.17) is 5.21 Å². The molecule has 152 valence electrons. The fraction of sp³-hybridized carbons (Fsp3) is 0.318. The minimum Gasteiger partial charge on any atom is -0.372 e. The summed E-state index contributed by atoms with van der Waals surface area (Å²) in [6.45, 7) is 2.63. The second-order valence-corrected chi connectivity index (χ2v) is 7.55. The Morgan fingerprint density at radius 3 is 2.76 bits per heavy atom. The third-order valence-corrected chi connectivity index (χ3v) is 5.82. The minimum absolute atomic E-state index is 0.116. The summed E-state index contributed by atoms with van der Waals surface area (Å²) in [5, 5.41) is 19.7. The average molecular weight is 397 g/mol. The molecule has 0 radical (unpaired) electrons. The number of nitrogens with one attached hydrogen (secondary N) is 1. The van der Waals surface area contributed by atoms with E-state index in [0.717, 1.165) is 22.0 Å². The van der Waals surface area contributed by atoms with E-state index in [0.29, 0.717) is 30.6 Å². The molecule has 1 atom stereocenters. The third kappa shape index (κ3) is 3.31. The van der Waals surface area contributed by atoms with Crippen molar-refractivity contribution in [2.45, 2.75) is 32.5 Å². The van der Waals surface area contributed by atoms with Crippen LogP contribution in [0.15, 0.2) is 36.4 Å². The molecule has 0 saturated heterocycles. The maximum atomic E-state index is 14.8. The van der Waals surface area contributed by atoms with Crippen molar-refractivity contribution in [3.05, 3.63) is 70.2 Å². The molecule has 7 heteroatoms. The number of hydroxylamine groups is 1. The number of rotatable bonds is 3. The lowest BCUT2D eigenvalue weighted by Gasteiger charge is -2.22. The van der Waals surface area contributed by atoms with E-state index in [9.17, 15) is 14.3 Å². The molecule has 2 aromatic carbocycles. The van der Waals surface area contributed by atoms with Crippen LogP contribution < -0.4 is 5.48 Å². The Balaban J connectivity index is 1.71. The van der Waals surface area contributed by atoms with Gasteiger partial charge in [-0.05, 0) is 43.0 Å². The number of aliphatic hydroxyl groups excluding tert-OH is 1. The molecule has 0 aliphatic carbocycles. The van der Waals surface area contributed by atoms with E-state index >= 15 is 0 Å². The van der Waals surface area contributed by atoms with Crippen LogP contribution in [0.25, 0.3) is 10.9 Å². The van der Waals surface area contributed by atoms with Gasteiger partial charge in [-0.25, -0.2) is 4.39 Å². The number of aromatic nitrogens is 1. The number of aliphatic hydroxyl groups is 1. The molecule has 0 bridgehead atoms. The number of carbonyl (C=O) groups is 1. The summed E-state index contributed by atoms with van der Waals surface area (Å²) >= 11 is 0. The molecule has 1 aliphatic heterocycles. The molecule has 1 unspecified atom stereocenters. The molecule has 1 amide bonds. The van der Waals surface area contributed by atoms with E-state index in [1.165, 1.54) is 6.07 Å². The Labute approximate surface area is 168 Å². The number of benzene rings is 2. The number of aryl methyl sites for hydroxylation is 3. The number of hydrogen-bond donors (Lipinski definition) is 3. The predicted octanol–water partition coefficient (Wildman–Crippen LogP) is 3.18. The second-order valence-electron chi connectivity index (χ2n) is 7.55. The highest BCUT2D eigenvalue weighted by molar-refractivity contribution is 6.01. The van der Waals surface area contributed by atoms with E-state index in [2.05, 4.69) is 0 Å². The van der Waals surface area contributed by atoms with Gasteiger partial charge in [0, 0.05) is 42.2 Å². The van der Waals surface area contributed by atoms with E-state index in [1.807, 2.05) is 42.8 Å². The maximum absolute atomic E-state index is 14.8. The largest absolute Gasteiger partial charge is 0.372 e. The molecule has 2 heterocycles. The first-order valence-corrected chi connectivity index (χ1v) is 9.64. The van der Waals surface area contributed by atoms with Gasteiger partial charge >= 0.3 is 0 Å². The molecule has 0 saturated carbocycles. The normalized spacial score (nSPS) is 15.3. The summed E-state index contributed by atoms with van der Waals surface area (Å²) in [5.74, 6) is -0.602. The van der Waals surface area contributed by atoms with Gasteiger partial charge in [0.15, 0.2) is 6.23 Å². The number of carbonyl (C=O) groups excluding carboxylic acids is 1. The maximum Gasteiger partial charge on any atom is 0.271 e. The van der Waals surface area contributed by atoms with Crippen LogP contribution in [0.1, 0.15) is 45.4 Å². The zero-order valence-corrected chi connectivity index (χ0v) is 16.4. The first-order valence-electron chi connectivity index (χ1n) is 9.64. The predicted molar refractivity (Wildman–Crippen MR) is 107 cm³/mol. The molecule has 6 nitrogen and oxygen atoms in total. The first-order chi connectivity index (χ1) is 13.9. The number of hydrogen-bond acceptors (Lipinski definition) is 4. The highest BCUT2D eigenvalue weighted by atomic mass is 19.1. The summed E-state index contributed by atoms with van der Waals surface area (Å²) < 4.78 is 16.7. The summed E-state index contributed by atoms with van der Waals surface area (Å²) in [5.41, 5.74) is 5.72. The summed E-state index contributed by atoms with van der Waals surface area (Å²) in [7, 11) is 1.88. The van der Waals surface area contributed by atoms with Gasteiger partial charge in [0.1, 0.15) is 11.5 Å².